The quantitative estimate of drug-likeness (QED) is 0.474. The van der Waals surface area contributed by atoms with E-state index in [-0.39, 0.29) is 29.4 Å². The number of aromatic nitrogens is 7. The van der Waals surface area contributed by atoms with Gasteiger partial charge in [0.05, 0.1) is 10.5 Å². The normalized spacial score (nSPS) is 15.2. The molecular formula is C19H18FN9O2S. The molecular weight excluding hydrogens is 437 g/mol. The van der Waals surface area contributed by atoms with Crippen LogP contribution in [0.1, 0.15) is 0 Å². The number of piperazine rings is 1. The lowest BCUT2D eigenvalue weighted by molar-refractivity contribution is 0.383. The van der Waals surface area contributed by atoms with E-state index in [1.54, 1.807) is 0 Å². The number of sulfonamides is 1. The number of benzene rings is 1. The molecule has 0 amide bonds. The maximum atomic E-state index is 14.2. The fourth-order valence-electron chi connectivity index (χ4n) is 3.53. The Balaban J connectivity index is 1.30. The molecule has 32 heavy (non-hydrogen) atoms. The van der Waals surface area contributed by atoms with Gasteiger partial charge in [-0.1, -0.05) is 0 Å². The SMILES string of the molecule is O=S(=O)(c1ccc(F)c(-c2nn[nH]n2)c1)N1CCN(c2ccc(-n3cccc3)nn2)CC1. The van der Waals surface area contributed by atoms with E-state index in [2.05, 4.69) is 30.8 Å². The molecule has 13 heteroatoms. The van der Waals surface area contributed by atoms with Crippen LogP contribution in [-0.2, 0) is 10.0 Å². The van der Waals surface area contributed by atoms with Crippen LogP contribution in [-0.4, -0.2) is 74.3 Å². The first-order chi connectivity index (χ1) is 15.5. The molecule has 0 atom stereocenters. The third-order valence-electron chi connectivity index (χ3n) is 5.23. The van der Waals surface area contributed by atoms with E-state index in [1.807, 2.05) is 46.1 Å². The van der Waals surface area contributed by atoms with Crippen molar-refractivity contribution in [2.75, 3.05) is 31.1 Å². The largest absolute Gasteiger partial charge is 0.352 e. The number of hydrogen-bond donors (Lipinski definition) is 1. The molecule has 0 spiro atoms. The second-order valence-electron chi connectivity index (χ2n) is 7.11. The van der Waals surface area contributed by atoms with Crippen molar-refractivity contribution in [1.82, 2.24) is 39.7 Å². The number of nitrogens with zero attached hydrogens (tertiary/aromatic N) is 8. The molecule has 0 unspecified atom stereocenters. The molecule has 1 saturated heterocycles. The highest BCUT2D eigenvalue weighted by Gasteiger charge is 2.30. The summed E-state index contributed by atoms with van der Waals surface area (Å²) in [7, 11) is -3.82. The van der Waals surface area contributed by atoms with Gasteiger partial charge in [0.1, 0.15) is 5.82 Å². The van der Waals surface area contributed by atoms with Crippen molar-refractivity contribution < 1.29 is 12.8 Å². The van der Waals surface area contributed by atoms with Crippen LogP contribution in [0.5, 0.6) is 0 Å². The van der Waals surface area contributed by atoms with Crippen molar-refractivity contribution in [2.24, 2.45) is 0 Å². The number of H-pyrrole nitrogens is 1. The van der Waals surface area contributed by atoms with Crippen molar-refractivity contribution in [1.29, 1.82) is 0 Å². The van der Waals surface area contributed by atoms with Crippen LogP contribution in [0.25, 0.3) is 17.2 Å². The third kappa shape index (κ3) is 3.71. The first-order valence-electron chi connectivity index (χ1n) is 9.78. The molecule has 3 aromatic heterocycles. The van der Waals surface area contributed by atoms with E-state index in [0.29, 0.717) is 24.7 Å². The molecule has 1 aliphatic heterocycles. The molecule has 0 bridgehead atoms. The lowest BCUT2D eigenvalue weighted by Crippen LogP contribution is -2.49. The summed E-state index contributed by atoms with van der Waals surface area (Å²) in [4.78, 5) is 1.96. The average Bonchev–Trinajstić information content (AvgIpc) is 3.54. The van der Waals surface area contributed by atoms with Crippen LogP contribution < -0.4 is 4.90 Å². The van der Waals surface area contributed by atoms with E-state index < -0.39 is 15.8 Å². The number of nitrogens with one attached hydrogen (secondary N) is 1. The summed E-state index contributed by atoms with van der Waals surface area (Å²) in [5.74, 6) is 0.746. The summed E-state index contributed by atoms with van der Waals surface area (Å²) in [6.07, 6.45) is 3.76. The Kier molecular flexibility index (Phi) is 5.11. The second kappa shape index (κ2) is 8.09. The van der Waals surface area contributed by atoms with Gasteiger partial charge in [-0.2, -0.15) is 9.52 Å². The summed E-state index contributed by atoms with van der Waals surface area (Å²) in [5.41, 5.74) is -0.0310. The molecule has 0 aliphatic carbocycles. The lowest BCUT2D eigenvalue weighted by Gasteiger charge is -2.34. The Morgan fingerprint density at radius 3 is 2.28 bits per heavy atom. The Labute approximate surface area is 182 Å². The van der Waals surface area contributed by atoms with Crippen LogP contribution in [0.2, 0.25) is 0 Å². The smallest absolute Gasteiger partial charge is 0.243 e. The summed E-state index contributed by atoms with van der Waals surface area (Å²) >= 11 is 0. The summed E-state index contributed by atoms with van der Waals surface area (Å²) < 4.78 is 43.7. The fourth-order valence-corrected chi connectivity index (χ4v) is 4.98. The van der Waals surface area contributed by atoms with E-state index >= 15 is 0 Å². The Bertz CT molecular complexity index is 1300. The molecule has 5 rings (SSSR count). The van der Waals surface area contributed by atoms with Gasteiger partial charge in [-0.25, -0.2) is 12.8 Å². The van der Waals surface area contributed by atoms with Crippen molar-refractivity contribution in [3.05, 3.63) is 60.7 Å². The molecule has 164 valence electrons. The van der Waals surface area contributed by atoms with Gasteiger partial charge in [-0.15, -0.1) is 20.4 Å². The van der Waals surface area contributed by atoms with Crippen molar-refractivity contribution >= 4 is 15.8 Å². The maximum absolute atomic E-state index is 14.2. The summed E-state index contributed by atoms with van der Waals surface area (Å²) in [5, 5.41) is 21.6. The third-order valence-corrected chi connectivity index (χ3v) is 7.12. The number of rotatable bonds is 5. The number of tetrazole rings is 1. The van der Waals surface area contributed by atoms with Gasteiger partial charge in [0.2, 0.25) is 15.8 Å². The molecule has 1 fully saturated rings. The number of anilines is 1. The zero-order chi connectivity index (χ0) is 22.1. The van der Waals surface area contributed by atoms with Gasteiger partial charge in [0.25, 0.3) is 0 Å². The topological polar surface area (TPSA) is 126 Å². The van der Waals surface area contributed by atoms with E-state index in [4.69, 9.17) is 0 Å². The standard InChI is InChI=1S/C19H18FN9O2S/c20-16-4-3-14(13-15(16)19-23-25-26-24-19)32(30,31)29-11-9-28(10-12-29)18-6-5-17(21-22-18)27-7-1-2-8-27/h1-8,13H,9-12H2,(H,23,24,25,26). The Hall–Kier alpha value is -3.71. The molecule has 0 saturated carbocycles. The van der Waals surface area contributed by atoms with Gasteiger partial charge in [0, 0.05) is 38.6 Å². The van der Waals surface area contributed by atoms with Crippen LogP contribution in [0.15, 0.2) is 59.8 Å². The minimum absolute atomic E-state index is 0.00805. The average molecular weight is 455 g/mol. The maximum Gasteiger partial charge on any atom is 0.243 e. The highest BCUT2D eigenvalue weighted by atomic mass is 32.2. The highest BCUT2D eigenvalue weighted by Crippen LogP contribution is 2.25. The summed E-state index contributed by atoms with van der Waals surface area (Å²) in [6, 6.07) is 11.1. The number of halogens is 1. The molecule has 1 aliphatic rings. The first-order valence-corrected chi connectivity index (χ1v) is 11.2. The first kappa shape index (κ1) is 20.2. The predicted molar refractivity (Wildman–Crippen MR) is 112 cm³/mol. The number of hydrogen-bond acceptors (Lipinski definition) is 8. The van der Waals surface area contributed by atoms with Crippen molar-refractivity contribution in [3.63, 3.8) is 0 Å². The predicted octanol–water partition coefficient (Wildman–Crippen LogP) is 1.10. The van der Waals surface area contributed by atoms with E-state index in [0.717, 1.165) is 6.07 Å². The second-order valence-corrected chi connectivity index (χ2v) is 9.05. The molecule has 1 N–H and O–H groups in total. The van der Waals surface area contributed by atoms with Gasteiger partial charge < -0.3 is 9.47 Å². The van der Waals surface area contributed by atoms with Crippen LogP contribution in [0.3, 0.4) is 0 Å². The monoisotopic (exact) mass is 455 g/mol. The van der Waals surface area contributed by atoms with E-state index in [9.17, 15) is 12.8 Å². The molecule has 1 aromatic carbocycles. The van der Waals surface area contributed by atoms with Crippen LogP contribution in [0, 0.1) is 5.82 Å². The Morgan fingerprint density at radius 1 is 0.906 bits per heavy atom. The van der Waals surface area contributed by atoms with Crippen LogP contribution >= 0.6 is 0 Å². The highest BCUT2D eigenvalue weighted by molar-refractivity contribution is 7.89. The van der Waals surface area contributed by atoms with Crippen molar-refractivity contribution in [3.8, 4) is 17.2 Å². The molecule has 4 aromatic rings. The lowest BCUT2D eigenvalue weighted by atomic mass is 10.2. The van der Waals surface area contributed by atoms with Crippen LogP contribution in [0.4, 0.5) is 10.2 Å². The zero-order valence-corrected chi connectivity index (χ0v) is 17.5. The minimum Gasteiger partial charge on any atom is -0.352 e. The van der Waals surface area contributed by atoms with Gasteiger partial charge in [0.15, 0.2) is 11.6 Å². The molecule has 11 nitrogen and oxygen atoms in total. The molecule has 0 radical (unpaired) electrons. The van der Waals surface area contributed by atoms with Gasteiger partial charge in [-0.3, -0.25) is 0 Å². The van der Waals surface area contributed by atoms with Gasteiger partial charge in [-0.05, 0) is 47.7 Å². The minimum atomic E-state index is -3.82. The van der Waals surface area contributed by atoms with Crippen molar-refractivity contribution in [2.45, 2.75) is 4.90 Å². The van der Waals surface area contributed by atoms with E-state index in [1.165, 1.54) is 16.4 Å². The zero-order valence-electron chi connectivity index (χ0n) is 16.7. The van der Waals surface area contributed by atoms with Gasteiger partial charge >= 0.3 is 0 Å². The number of aromatic amines is 1. The Morgan fingerprint density at radius 2 is 1.62 bits per heavy atom. The fraction of sp³-hybridized carbons (Fsp3) is 0.211. The molecule has 4 heterocycles. The summed E-state index contributed by atoms with van der Waals surface area (Å²) in [6.45, 7) is 1.43.